The molecule has 0 bridgehead atoms. The second-order valence-corrected chi connectivity index (χ2v) is 4.02. The summed E-state index contributed by atoms with van der Waals surface area (Å²) in [4.78, 5) is 4.30. The number of rotatable bonds is 5. The standard InChI is InChI=1S/C12H19N3O/c1-2-16-11-4-3-6-14-12(11)15-9-10-5-7-13-8-10/h3-4,6,10,13H,2,5,7-9H2,1H3,(H,14,15). The van der Waals surface area contributed by atoms with E-state index in [-0.39, 0.29) is 0 Å². The smallest absolute Gasteiger partial charge is 0.168 e. The Kier molecular flexibility index (Phi) is 3.99. The molecule has 0 saturated carbocycles. The maximum atomic E-state index is 5.51. The van der Waals surface area contributed by atoms with E-state index in [2.05, 4.69) is 15.6 Å². The summed E-state index contributed by atoms with van der Waals surface area (Å²) in [5.41, 5.74) is 0. The molecular weight excluding hydrogens is 202 g/mol. The van der Waals surface area contributed by atoms with Crippen molar-refractivity contribution in [3.8, 4) is 5.75 Å². The van der Waals surface area contributed by atoms with Gasteiger partial charge >= 0.3 is 0 Å². The van der Waals surface area contributed by atoms with Gasteiger partial charge in [-0.25, -0.2) is 4.98 Å². The predicted molar refractivity (Wildman–Crippen MR) is 64.9 cm³/mol. The predicted octanol–water partition coefficient (Wildman–Crippen LogP) is 1.50. The molecule has 0 radical (unpaired) electrons. The van der Waals surface area contributed by atoms with Gasteiger partial charge in [0, 0.05) is 12.7 Å². The number of hydrogen-bond acceptors (Lipinski definition) is 4. The van der Waals surface area contributed by atoms with E-state index in [9.17, 15) is 0 Å². The van der Waals surface area contributed by atoms with Crippen molar-refractivity contribution in [2.24, 2.45) is 5.92 Å². The molecule has 1 saturated heterocycles. The number of pyridine rings is 1. The minimum absolute atomic E-state index is 0.672. The van der Waals surface area contributed by atoms with E-state index in [4.69, 9.17) is 4.74 Å². The van der Waals surface area contributed by atoms with Gasteiger partial charge in [-0.3, -0.25) is 0 Å². The van der Waals surface area contributed by atoms with Crippen LogP contribution in [0, 0.1) is 5.92 Å². The topological polar surface area (TPSA) is 46.2 Å². The Bertz CT molecular complexity index is 324. The minimum Gasteiger partial charge on any atom is -0.490 e. The summed E-state index contributed by atoms with van der Waals surface area (Å²) in [6.07, 6.45) is 3.03. The fourth-order valence-corrected chi connectivity index (χ4v) is 1.92. The first kappa shape index (κ1) is 11.2. The van der Waals surface area contributed by atoms with Crippen molar-refractivity contribution in [1.82, 2.24) is 10.3 Å². The first-order chi connectivity index (χ1) is 7.90. The van der Waals surface area contributed by atoms with Gasteiger partial charge in [0.15, 0.2) is 11.6 Å². The minimum atomic E-state index is 0.672. The zero-order valence-corrected chi connectivity index (χ0v) is 9.70. The molecule has 1 aliphatic heterocycles. The second kappa shape index (κ2) is 5.70. The van der Waals surface area contributed by atoms with Gasteiger partial charge in [0.2, 0.25) is 0 Å². The lowest BCUT2D eigenvalue weighted by molar-refractivity contribution is 0.340. The van der Waals surface area contributed by atoms with E-state index in [1.54, 1.807) is 6.20 Å². The second-order valence-electron chi connectivity index (χ2n) is 4.02. The molecule has 2 heterocycles. The summed E-state index contributed by atoms with van der Waals surface area (Å²) in [7, 11) is 0. The van der Waals surface area contributed by atoms with Gasteiger partial charge in [0.05, 0.1) is 6.61 Å². The molecule has 1 aromatic rings. The maximum Gasteiger partial charge on any atom is 0.168 e. The average molecular weight is 221 g/mol. The van der Waals surface area contributed by atoms with Crippen molar-refractivity contribution >= 4 is 5.82 Å². The molecule has 2 N–H and O–H groups in total. The highest BCUT2D eigenvalue weighted by Crippen LogP contribution is 2.21. The summed E-state index contributed by atoms with van der Waals surface area (Å²) in [6.45, 7) is 5.85. The molecule has 1 aliphatic rings. The Labute approximate surface area is 96.4 Å². The lowest BCUT2D eigenvalue weighted by atomic mass is 10.1. The number of nitrogens with zero attached hydrogens (tertiary/aromatic N) is 1. The quantitative estimate of drug-likeness (QED) is 0.791. The molecule has 0 aromatic carbocycles. The highest BCUT2D eigenvalue weighted by atomic mass is 16.5. The molecular formula is C12H19N3O. The Hall–Kier alpha value is -1.29. The number of ether oxygens (including phenoxy) is 1. The number of anilines is 1. The lowest BCUT2D eigenvalue weighted by Gasteiger charge is -2.13. The van der Waals surface area contributed by atoms with Crippen molar-refractivity contribution in [3.63, 3.8) is 0 Å². The Morgan fingerprint density at radius 1 is 1.62 bits per heavy atom. The summed E-state index contributed by atoms with van der Waals surface area (Å²) >= 11 is 0. The van der Waals surface area contributed by atoms with Crippen LogP contribution in [-0.4, -0.2) is 31.2 Å². The summed E-state index contributed by atoms with van der Waals surface area (Å²) in [5, 5.41) is 6.72. The third-order valence-electron chi connectivity index (χ3n) is 2.79. The molecule has 16 heavy (non-hydrogen) atoms. The first-order valence-corrected chi connectivity index (χ1v) is 5.92. The SMILES string of the molecule is CCOc1cccnc1NCC1CCNC1. The van der Waals surface area contributed by atoms with Gasteiger partial charge in [-0.15, -0.1) is 0 Å². The maximum absolute atomic E-state index is 5.51. The Morgan fingerprint density at radius 3 is 3.31 bits per heavy atom. The fraction of sp³-hybridized carbons (Fsp3) is 0.583. The van der Waals surface area contributed by atoms with Crippen molar-refractivity contribution in [1.29, 1.82) is 0 Å². The molecule has 0 aliphatic carbocycles. The van der Waals surface area contributed by atoms with Crippen LogP contribution in [0.15, 0.2) is 18.3 Å². The molecule has 1 unspecified atom stereocenters. The number of nitrogens with one attached hydrogen (secondary N) is 2. The average Bonchev–Trinajstić information content (AvgIpc) is 2.81. The van der Waals surface area contributed by atoms with Gasteiger partial charge in [-0.1, -0.05) is 0 Å². The number of aromatic nitrogens is 1. The van der Waals surface area contributed by atoms with Crippen LogP contribution in [-0.2, 0) is 0 Å². The molecule has 88 valence electrons. The van der Waals surface area contributed by atoms with E-state index in [1.807, 2.05) is 19.1 Å². The third kappa shape index (κ3) is 2.85. The van der Waals surface area contributed by atoms with E-state index >= 15 is 0 Å². The molecule has 1 aromatic heterocycles. The van der Waals surface area contributed by atoms with Crippen LogP contribution in [0.1, 0.15) is 13.3 Å². The highest BCUT2D eigenvalue weighted by molar-refractivity contribution is 5.49. The fourth-order valence-electron chi connectivity index (χ4n) is 1.92. The van der Waals surface area contributed by atoms with Crippen molar-refractivity contribution in [2.45, 2.75) is 13.3 Å². The van der Waals surface area contributed by atoms with E-state index < -0.39 is 0 Å². The van der Waals surface area contributed by atoms with Gasteiger partial charge in [-0.2, -0.15) is 0 Å². The third-order valence-corrected chi connectivity index (χ3v) is 2.79. The van der Waals surface area contributed by atoms with Gasteiger partial charge in [-0.05, 0) is 44.5 Å². The zero-order chi connectivity index (χ0) is 11.2. The van der Waals surface area contributed by atoms with Crippen molar-refractivity contribution < 1.29 is 4.74 Å². The zero-order valence-electron chi connectivity index (χ0n) is 9.70. The molecule has 0 amide bonds. The summed E-state index contributed by atoms with van der Waals surface area (Å²) < 4.78 is 5.51. The van der Waals surface area contributed by atoms with E-state index in [0.717, 1.165) is 31.2 Å². The summed E-state index contributed by atoms with van der Waals surface area (Å²) in [6, 6.07) is 3.85. The van der Waals surface area contributed by atoms with Crippen molar-refractivity contribution in [2.75, 3.05) is 31.6 Å². The molecule has 1 atom stereocenters. The Morgan fingerprint density at radius 2 is 2.56 bits per heavy atom. The normalized spacial score (nSPS) is 19.7. The van der Waals surface area contributed by atoms with Crippen molar-refractivity contribution in [3.05, 3.63) is 18.3 Å². The van der Waals surface area contributed by atoms with Crippen LogP contribution in [0.2, 0.25) is 0 Å². The lowest BCUT2D eigenvalue weighted by Crippen LogP contribution is -2.18. The molecule has 4 heteroatoms. The highest BCUT2D eigenvalue weighted by Gasteiger charge is 2.14. The van der Waals surface area contributed by atoms with Gasteiger partial charge in [0.1, 0.15) is 0 Å². The van der Waals surface area contributed by atoms with Gasteiger partial charge < -0.3 is 15.4 Å². The first-order valence-electron chi connectivity index (χ1n) is 5.92. The van der Waals surface area contributed by atoms with Crippen LogP contribution >= 0.6 is 0 Å². The van der Waals surface area contributed by atoms with E-state index in [0.29, 0.717) is 12.5 Å². The summed E-state index contributed by atoms with van der Waals surface area (Å²) in [5.74, 6) is 2.41. The Balaban J connectivity index is 1.91. The molecule has 4 nitrogen and oxygen atoms in total. The largest absolute Gasteiger partial charge is 0.490 e. The van der Waals surface area contributed by atoms with Crippen LogP contribution in [0.5, 0.6) is 5.75 Å². The van der Waals surface area contributed by atoms with Crippen LogP contribution in [0.25, 0.3) is 0 Å². The molecule has 0 spiro atoms. The van der Waals surface area contributed by atoms with Crippen LogP contribution in [0.4, 0.5) is 5.82 Å². The molecule has 2 rings (SSSR count). The number of hydrogen-bond donors (Lipinski definition) is 2. The van der Waals surface area contributed by atoms with E-state index in [1.165, 1.54) is 6.42 Å². The van der Waals surface area contributed by atoms with Gasteiger partial charge in [0.25, 0.3) is 0 Å². The van der Waals surface area contributed by atoms with Crippen LogP contribution < -0.4 is 15.4 Å². The molecule has 1 fully saturated rings. The monoisotopic (exact) mass is 221 g/mol. The van der Waals surface area contributed by atoms with Crippen LogP contribution in [0.3, 0.4) is 0 Å².